The van der Waals surface area contributed by atoms with Gasteiger partial charge in [-0.1, -0.05) is 11.6 Å². The molecule has 2 rings (SSSR count). The highest BCUT2D eigenvalue weighted by Crippen LogP contribution is 2.18. The molecule has 0 atom stereocenters. The number of hydrogen-bond donors (Lipinski definition) is 1. The Bertz CT molecular complexity index is 616. The topological polar surface area (TPSA) is 78.7 Å². The van der Waals surface area contributed by atoms with Crippen molar-refractivity contribution in [1.82, 2.24) is 19.6 Å². The molecule has 0 radical (unpaired) electrons. The maximum Gasteiger partial charge on any atom is 0.267 e. The van der Waals surface area contributed by atoms with Crippen LogP contribution in [0, 0.1) is 6.92 Å². The van der Waals surface area contributed by atoms with Gasteiger partial charge in [-0.2, -0.15) is 10.2 Å². The summed E-state index contributed by atoms with van der Waals surface area (Å²) in [5.41, 5.74) is 6.86. The molecule has 2 heterocycles. The van der Waals surface area contributed by atoms with Gasteiger partial charge in [-0.25, -0.2) is 4.68 Å². The largest absolute Gasteiger partial charge is 0.382 e. The number of nitrogens with zero attached hydrogens (tertiary/aromatic N) is 4. The van der Waals surface area contributed by atoms with Crippen LogP contribution >= 0.6 is 11.6 Å². The number of nitrogen functional groups attached to an aromatic ring is 1. The molecule has 2 aromatic heterocycles. The lowest BCUT2D eigenvalue weighted by Crippen LogP contribution is -2.23. The molecule has 0 aromatic carbocycles. The van der Waals surface area contributed by atoms with E-state index in [-0.39, 0.29) is 12.1 Å². The summed E-state index contributed by atoms with van der Waals surface area (Å²) in [6.45, 7) is 2.10. The smallest absolute Gasteiger partial charge is 0.267 e. The third-order valence-corrected chi connectivity index (χ3v) is 2.94. The lowest BCUT2D eigenvalue weighted by atomic mass is 10.2. The Labute approximate surface area is 103 Å². The minimum absolute atomic E-state index is 0.224. The first-order valence-corrected chi connectivity index (χ1v) is 5.38. The molecule has 2 N–H and O–H groups in total. The van der Waals surface area contributed by atoms with Crippen LogP contribution in [0.4, 0.5) is 5.82 Å². The summed E-state index contributed by atoms with van der Waals surface area (Å²) in [7, 11) is 1.74. The van der Waals surface area contributed by atoms with Gasteiger partial charge >= 0.3 is 0 Å². The molecule has 0 spiro atoms. The predicted molar refractivity (Wildman–Crippen MR) is 65.0 cm³/mol. The van der Waals surface area contributed by atoms with Gasteiger partial charge in [0.05, 0.1) is 12.2 Å². The van der Waals surface area contributed by atoms with Crippen molar-refractivity contribution in [2.75, 3.05) is 5.73 Å². The van der Waals surface area contributed by atoms with E-state index in [1.807, 2.05) is 6.92 Å². The first-order valence-electron chi connectivity index (χ1n) is 5.00. The number of aromatic nitrogens is 4. The number of rotatable bonds is 2. The van der Waals surface area contributed by atoms with Crippen molar-refractivity contribution >= 4 is 17.4 Å². The first-order chi connectivity index (χ1) is 7.99. The summed E-state index contributed by atoms with van der Waals surface area (Å²) in [6, 6.07) is 2.85. The Kier molecular flexibility index (Phi) is 2.89. The highest BCUT2D eigenvalue weighted by atomic mass is 35.5. The molecule has 0 aliphatic heterocycles. The standard InChI is InChI=1S/C10H12ClN5O/c1-6-7(10(11)15(2)13-6)5-16-9(17)4-3-8(12)14-16/h3-4H,5H2,1-2H3,(H2,12,14). The number of aryl methyl sites for hydroxylation is 2. The molecule has 0 saturated heterocycles. The van der Waals surface area contributed by atoms with Gasteiger partial charge < -0.3 is 5.73 Å². The zero-order valence-electron chi connectivity index (χ0n) is 9.51. The Morgan fingerprint density at radius 3 is 2.71 bits per heavy atom. The third-order valence-electron chi connectivity index (χ3n) is 2.46. The van der Waals surface area contributed by atoms with Gasteiger partial charge in [0.2, 0.25) is 0 Å². The van der Waals surface area contributed by atoms with Gasteiger partial charge in [0.1, 0.15) is 11.0 Å². The van der Waals surface area contributed by atoms with Crippen molar-refractivity contribution in [3.63, 3.8) is 0 Å². The van der Waals surface area contributed by atoms with Crippen molar-refractivity contribution in [3.8, 4) is 0 Å². The lowest BCUT2D eigenvalue weighted by molar-refractivity contribution is 0.641. The van der Waals surface area contributed by atoms with Crippen LogP contribution in [0.3, 0.4) is 0 Å². The minimum atomic E-state index is -0.224. The fraction of sp³-hybridized carbons (Fsp3) is 0.300. The average molecular weight is 254 g/mol. The van der Waals surface area contributed by atoms with Crippen molar-refractivity contribution in [2.24, 2.45) is 7.05 Å². The normalized spacial score (nSPS) is 10.8. The van der Waals surface area contributed by atoms with Gasteiger partial charge in [0.25, 0.3) is 5.56 Å². The molecule has 6 nitrogen and oxygen atoms in total. The van der Waals surface area contributed by atoms with Gasteiger partial charge in [-0.05, 0) is 13.0 Å². The molecule has 90 valence electrons. The summed E-state index contributed by atoms with van der Waals surface area (Å²) in [5.74, 6) is 0.294. The number of halogens is 1. The molecule has 2 aromatic rings. The molecule has 0 saturated carbocycles. The van der Waals surface area contributed by atoms with E-state index in [2.05, 4.69) is 10.2 Å². The van der Waals surface area contributed by atoms with E-state index in [4.69, 9.17) is 17.3 Å². The highest BCUT2D eigenvalue weighted by Gasteiger charge is 2.12. The third kappa shape index (κ3) is 2.16. The van der Waals surface area contributed by atoms with Crippen LogP contribution in [-0.2, 0) is 13.6 Å². The molecule has 7 heteroatoms. The Morgan fingerprint density at radius 2 is 2.12 bits per heavy atom. The van der Waals surface area contributed by atoms with Crippen LogP contribution < -0.4 is 11.3 Å². The van der Waals surface area contributed by atoms with E-state index >= 15 is 0 Å². The fourth-order valence-corrected chi connectivity index (χ4v) is 1.82. The van der Waals surface area contributed by atoms with Crippen molar-refractivity contribution < 1.29 is 0 Å². The van der Waals surface area contributed by atoms with Crippen LogP contribution in [0.15, 0.2) is 16.9 Å². The summed E-state index contributed by atoms with van der Waals surface area (Å²) in [4.78, 5) is 11.6. The number of nitrogens with two attached hydrogens (primary N) is 1. The molecule has 0 fully saturated rings. The van der Waals surface area contributed by atoms with Gasteiger partial charge in [-0.15, -0.1) is 0 Å². The second kappa shape index (κ2) is 4.21. The molecule has 0 aliphatic carbocycles. The highest BCUT2D eigenvalue weighted by molar-refractivity contribution is 6.30. The summed E-state index contributed by atoms with van der Waals surface area (Å²) < 4.78 is 2.83. The van der Waals surface area contributed by atoms with E-state index < -0.39 is 0 Å². The van der Waals surface area contributed by atoms with Gasteiger partial charge in [0.15, 0.2) is 0 Å². The molecule has 0 amide bonds. The Morgan fingerprint density at radius 1 is 1.41 bits per heavy atom. The van der Waals surface area contributed by atoms with Crippen molar-refractivity contribution in [2.45, 2.75) is 13.5 Å². The van der Waals surface area contributed by atoms with E-state index in [1.54, 1.807) is 11.7 Å². The van der Waals surface area contributed by atoms with E-state index in [0.29, 0.717) is 11.0 Å². The number of hydrogen-bond acceptors (Lipinski definition) is 4. The van der Waals surface area contributed by atoms with E-state index in [0.717, 1.165) is 11.3 Å². The van der Waals surface area contributed by atoms with Crippen LogP contribution in [0.25, 0.3) is 0 Å². The van der Waals surface area contributed by atoms with Crippen molar-refractivity contribution in [3.05, 3.63) is 38.9 Å². The van der Waals surface area contributed by atoms with Crippen LogP contribution in [0.1, 0.15) is 11.3 Å². The molecule has 17 heavy (non-hydrogen) atoms. The molecule has 0 unspecified atom stereocenters. The van der Waals surface area contributed by atoms with E-state index in [9.17, 15) is 4.79 Å². The zero-order chi connectivity index (χ0) is 12.6. The lowest BCUT2D eigenvalue weighted by Gasteiger charge is -2.04. The average Bonchev–Trinajstić information content (AvgIpc) is 2.50. The SMILES string of the molecule is Cc1nn(C)c(Cl)c1Cn1nc(N)ccc1=O. The summed E-state index contributed by atoms with van der Waals surface area (Å²) in [5, 5.41) is 8.61. The van der Waals surface area contributed by atoms with Crippen LogP contribution in [0.5, 0.6) is 0 Å². The van der Waals surface area contributed by atoms with E-state index in [1.165, 1.54) is 16.8 Å². The molecule has 0 bridgehead atoms. The Balaban J connectivity index is 2.44. The summed E-state index contributed by atoms with van der Waals surface area (Å²) >= 11 is 6.08. The van der Waals surface area contributed by atoms with Gasteiger partial charge in [-0.3, -0.25) is 9.48 Å². The second-order valence-electron chi connectivity index (χ2n) is 3.73. The molecular weight excluding hydrogens is 242 g/mol. The maximum absolute atomic E-state index is 11.6. The first kappa shape index (κ1) is 11.7. The predicted octanol–water partition coefficient (Wildman–Crippen LogP) is 0.569. The molecular formula is C10H12ClN5O. The molecule has 0 aliphatic rings. The quantitative estimate of drug-likeness (QED) is 0.849. The Hall–Kier alpha value is -1.82. The fourth-order valence-electron chi connectivity index (χ4n) is 1.58. The van der Waals surface area contributed by atoms with Crippen LogP contribution in [0.2, 0.25) is 5.15 Å². The summed E-state index contributed by atoms with van der Waals surface area (Å²) in [6.07, 6.45) is 0. The number of anilines is 1. The van der Waals surface area contributed by atoms with Crippen molar-refractivity contribution in [1.29, 1.82) is 0 Å². The van der Waals surface area contributed by atoms with Gasteiger partial charge in [0, 0.05) is 18.7 Å². The second-order valence-corrected chi connectivity index (χ2v) is 4.09. The minimum Gasteiger partial charge on any atom is -0.382 e. The maximum atomic E-state index is 11.6. The zero-order valence-corrected chi connectivity index (χ0v) is 10.3. The monoisotopic (exact) mass is 253 g/mol. The van der Waals surface area contributed by atoms with Crippen LogP contribution in [-0.4, -0.2) is 19.6 Å².